The van der Waals surface area contributed by atoms with Crippen LogP contribution in [-0.4, -0.2) is 30.5 Å². The predicted octanol–water partition coefficient (Wildman–Crippen LogP) is 5.24. The quantitative estimate of drug-likeness (QED) is 0.594. The molecule has 1 atom stereocenters. The van der Waals surface area contributed by atoms with Gasteiger partial charge in [-0.1, -0.05) is 52.8 Å². The van der Waals surface area contributed by atoms with E-state index in [0.29, 0.717) is 23.9 Å². The van der Waals surface area contributed by atoms with Crippen LogP contribution in [0.15, 0.2) is 57.5 Å². The monoisotopic (exact) mass is 483 g/mol. The van der Waals surface area contributed by atoms with E-state index in [4.69, 9.17) is 4.74 Å². The van der Waals surface area contributed by atoms with Crippen LogP contribution >= 0.6 is 27.7 Å². The van der Waals surface area contributed by atoms with Gasteiger partial charge in [0.05, 0.1) is 36.3 Å². The number of amides is 1. The highest BCUT2D eigenvalue weighted by Crippen LogP contribution is 2.46. The zero-order valence-corrected chi connectivity index (χ0v) is 19.3. The molecular formula is C23H22BrN3O2S. The summed E-state index contributed by atoms with van der Waals surface area (Å²) in [7, 11) is 1.61. The van der Waals surface area contributed by atoms with Crippen molar-refractivity contribution in [2.75, 3.05) is 24.6 Å². The average Bonchev–Trinajstić information content (AvgIpc) is 2.78. The topological polar surface area (TPSA) is 56.6 Å². The Morgan fingerprint density at radius 2 is 2.10 bits per heavy atom. The number of methoxy groups -OCH3 is 1. The van der Waals surface area contributed by atoms with Crippen molar-refractivity contribution in [1.82, 2.24) is 4.90 Å². The van der Waals surface area contributed by atoms with Crippen LogP contribution in [0.2, 0.25) is 0 Å². The van der Waals surface area contributed by atoms with E-state index < -0.39 is 0 Å². The Labute approximate surface area is 189 Å². The SMILES string of the molecule is CCc1ccccc1N1CSC2=C(C#N)[C@@H](c3cc(Br)ccc3OC)CC(=O)N2C1. The van der Waals surface area contributed by atoms with Gasteiger partial charge >= 0.3 is 0 Å². The van der Waals surface area contributed by atoms with Crippen molar-refractivity contribution in [2.24, 2.45) is 0 Å². The lowest BCUT2D eigenvalue weighted by atomic mass is 9.86. The number of thioether (sulfide) groups is 1. The minimum absolute atomic E-state index is 0.0298. The minimum atomic E-state index is -0.303. The largest absolute Gasteiger partial charge is 0.496 e. The number of aryl methyl sites for hydroxylation is 1. The molecule has 2 aliphatic rings. The lowest BCUT2D eigenvalue weighted by Gasteiger charge is -2.42. The molecule has 1 fully saturated rings. The van der Waals surface area contributed by atoms with Gasteiger partial charge in [-0.3, -0.25) is 9.69 Å². The highest BCUT2D eigenvalue weighted by Gasteiger charge is 2.39. The van der Waals surface area contributed by atoms with Gasteiger partial charge in [-0.05, 0) is 36.2 Å². The van der Waals surface area contributed by atoms with Crippen LogP contribution < -0.4 is 9.64 Å². The lowest BCUT2D eigenvalue weighted by Crippen LogP contribution is -2.47. The number of para-hydroxylation sites is 1. The first-order chi connectivity index (χ1) is 14.6. The van der Waals surface area contributed by atoms with E-state index in [9.17, 15) is 10.1 Å². The van der Waals surface area contributed by atoms with E-state index in [1.54, 1.807) is 23.8 Å². The van der Waals surface area contributed by atoms with Crippen molar-refractivity contribution in [3.63, 3.8) is 0 Å². The Morgan fingerprint density at radius 1 is 1.30 bits per heavy atom. The smallest absolute Gasteiger partial charge is 0.229 e. The second-order valence-corrected chi connectivity index (χ2v) is 9.08. The van der Waals surface area contributed by atoms with Gasteiger partial charge < -0.3 is 9.64 Å². The van der Waals surface area contributed by atoms with Crippen molar-refractivity contribution in [3.8, 4) is 11.8 Å². The molecule has 0 spiro atoms. The third-order valence-electron chi connectivity index (χ3n) is 5.57. The van der Waals surface area contributed by atoms with Gasteiger partial charge in [-0.25, -0.2) is 0 Å². The summed E-state index contributed by atoms with van der Waals surface area (Å²) in [5.41, 5.74) is 3.91. The zero-order valence-electron chi connectivity index (χ0n) is 16.9. The summed E-state index contributed by atoms with van der Waals surface area (Å²) < 4.78 is 6.42. The number of rotatable bonds is 4. The first-order valence-corrected chi connectivity index (χ1v) is 11.6. The molecular weight excluding hydrogens is 462 g/mol. The summed E-state index contributed by atoms with van der Waals surface area (Å²) in [5, 5.41) is 10.8. The molecule has 1 amide bonds. The summed E-state index contributed by atoms with van der Waals surface area (Å²) in [5.74, 6) is 1.12. The van der Waals surface area contributed by atoms with Gasteiger partial charge in [0.1, 0.15) is 5.75 Å². The first kappa shape index (κ1) is 20.8. The molecule has 2 aromatic rings. The molecule has 1 saturated heterocycles. The van der Waals surface area contributed by atoms with E-state index in [0.717, 1.165) is 27.2 Å². The van der Waals surface area contributed by atoms with Gasteiger partial charge in [-0.2, -0.15) is 5.26 Å². The molecule has 0 aromatic heterocycles. The van der Waals surface area contributed by atoms with E-state index >= 15 is 0 Å². The van der Waals surface area contributed by atoms with Gasteiger partial charge in [-0.15, -0.1) is 0 Å². The zero-order chi connectivity index (χ0) is 21.3. The van der Waals surface area contributed by atoms with Gasteiger partial charge in [0.2, 0.25) is 5.91 Å². The van der Waals surface area contributed by atoms with Crippen LogP contribution in [0.5, 0.6) is 5.75 Å². The van der Waals surface area contributed by atoms with Crippen molar-refractivity contribution in [2.45, 2.75) is 25.7 Å². The number of ether oxygens (including phenoxy) is 1. The molecule has 0 unspecified atom stereocenters. The summed E-state index contributed by atoms with van der Waals surface area (Å²) in [6.07, 6.45) is 1.19. The fourth-order valence-electron chi connectivity index (χ4n) is 4.08. The number of carbonyl (C=O) groups is 1. The number of nitriles is 1. The molecule has 0 N–H and O–H groups in total. The van der Waals surface area contributed by atoms with Gasteiger partial charge in [0, 0.05) is 28.1 Å². The van der Waals surface area contributed by atoms with Crippen LogP contribution in [0, 0.1) is 11.3 Å². The number of hydrogen-bond acceptors (Lipinski definition) is 5. The second kappa shape index (κ2) is 8.75. The molecule has 0 radical (unpaired) electrons. The third-order valence-corrected chi connectivity index (χ3v) is 7.22. The van der Waals surface area contributed by atoms with Crippen LogP contribution in [0.3, 0.4) is 0 Å². The van der Waals surface area contributed by atoms with E-state index in [2.05, 4.69) is 46.0 Å². The lowest BCUT2D eigenvalue weighted by molar-refractivity contribution is -0.129. The summed E-state index contributed by atoms with van der Waals surface area (Å²) in [6, 6.07) is 16.4. The summed E-state index contributed by atoms with van der Waals surface area (Å²) in [4.78, 5) is 17.2. The highest BCUT2D eigenvalue weighted by atomic mass is 79.9. The number of nitrogens with zero attached hydrogens (tertiary/aromatic N) is 3. The van der Waals surface area contributed by atoms with E-state index in [-0.39, 0.29) is 18.2 Å². The molecule has 30 heavy (non-hydrogen) atoms. The van der Waals surface area contributed by atoms with Crippen molar-refractivity contribution >= 4 is 39.3 Å². The fraction of sp³-hybridized carbons (Fsp3) is 0.304. The number of halogens is 1. The Bertz CT molecular complexity index is 1060. The number of carbonyl (C=O) groups excluding carboxylic acids is 1. The van der Waals surface area contributed by atoms with Crippen LogP contribution in [0.1, 0.15) is 30.4 Å². The van der Waals surface area contributed by atoms with E-state index in [1.165, 1.54) is 5.56 Å². The van der Waals surface area contributed by atoms with Crippen LogP contribution in [-0.2, 0) is 11.2 Å². The first-order valence-electron chi connectivity index (χ1n) is 9.81. The molecule has 0 aliphatic carbocycles. The Morgan fingerprint density at radius 3 is 2.83 bits per heavy atom. The van der Waals surface area contributed by atoms with Gasteiger partial charge in [0.15, 0.2) is 0 Å². The molecule has 0 saturated carbocycles. The molecule has 4 rings (SSSR count). The molecule has 7 heteroatoms. The Balaban J connectivity index is 1.71. The van der Waals surface area contributed by atoms with Gasteiger partial charge in [0.25, 0.3) is 0 Å². The maximum atomic E-state index is 13.2. The molecule has 0 bridgehead atoms. The van der Waals surface area contributed by atoms with Crippen molar-refractivity contribution < 1.29 is 9.53 Å². The molecule has 2 aromatic carbocycles. The number of fused-ring (bicyclic) bond motifs is 1. The van der Waals surface area contributed by atoms with Crippen LogP contribution in [0.25, 0.3) is 0 Å². The maximum absolute atomic E-state index is 13.2. The molecule has 2 heterocycles. The third kappa shape index (κ3) is 3.70. The Hall–Kier alpha value is -2.43. The van der Waals surface area contributed by atoms with Crippen LogP contribution in [0.4, 0.5) is 5.69 Å². The fourth-order valence-corrected chi connectivity index (χ4v) is 5.61. The number of allylic oxidation sites excluding steroid dienone is 1. The minimum Gasteiger partial charge on any atom is -0.496 e. The average molecular weight is 484 g/mol. The van der Waals surface area contributed by atoms with E-state index in [1.807, 2.05) is 30.3 Å². The van der Waals surface area contributed by atoms with Crippen molar-refractivity contribution in [1.29, 1.82) is 5.26 Å². The molecule has 5 nitrogen and oxygen atoms in total. The number of anilines is 1. The Kier molecular flexibility index (Phi) is 6.07. The van der Waals surface area contributed by atoms with Crippen molar-refractivity contribution in [3.05, 3.63) is 68.7 Å². The highest BCUT2D eigenvalue weighted by molar-refractivity contribution is 9.10. The summed E-state index contributed by atoms with van der Waals surface area (Å²) >= 11 is 5.06. The molecule has 2 aliphatic heterocycles. The maximum Gasteiger partial charge on any atom is 0.229 e. The normalized spacial score (nSPS) is 18.9. The molecule has 154 valence electrons. The number of hydrogen-bond donors (Lipinski definition) is 0. The summed E-state index contributed by atoms with van der Waals surface area (Å²) in [6.45, 7) is 2.60. The second-order valence-electron chi connectivity index (χ2n) is 7.23. The standard InChI is InChI=1S/C23H22BrN3O2S/c1-3-15-6-4-5-7-20(15)26-13-27-22(28)11-17(19(12-25)23(27)30-14-26)18-10-16(24)8-9-21(18)29-2/h4-10,17H,3,11,13-14H2,1-2H3/t17-/m1/s1. The predicted molar refractivity (Wildman–Crippen MR) is 123 cm³/mol. The number of benzene rings is 2.